The Kier molecular flexibility index (Phi) is 4.01. The van der Waals surface area contributed by atoms with E-state index in [1.807, 2.05) is 19.9 Å². The van der Waals surface area contributed by atoms with Crippen molar-refractivity contribution in [1.29, 1.82) is 0 Å². The van der Waals surface area contributed by atoms with Crippen LogP contribution in [0.15, 0.2) is 23.1 Å². The quantitative estimate of drug-likeness (QED) is 0.906. The Morgan fingerprint density at radius 2 is 2.15 bits per heavy atom. The van der Waals surface area contributed by atoms with E-state index in [9.17, 15) is 8.42 Å². The average molecular weight is 297 g/mol. The van der Waals surface area contributed by atoms with Crippen LogP contribution in [0.1, 0.15) is 19.9 Å². The van der Waals surface area contributed by atoms with Crippen LogP contribution in [0.3, 0.4) is 0 Å². The molecule has 1 heterocycles. The van der Waals surface area contributed by atoms with E-state index in [2.05, 4.69) is 4.98 Å². The largest absolute Gasteiger partial charge is 0.380 e. The van der Waals surface area contributed by atoms with Crippen molar-refractivity contribution >= 4 is 26.8 Å². The van der Waals surface area contributed by atoms with Gasteiger partial charge in [-0.3, -0.25) is 0 Å². The highest BCUT2D eigenvalue weighted by Crippen LogP contribution is 2.27. The van der Waals surface area contributed by atoms with Gasteiger partial charge in [-0.2, -0.15) is 0 Å². The van der Waals surface area contributed by atoms with Crippen LogP contribution in [0.25, 0.3) is 11.0 Å². The van der Waals surface area contributed by atoms with Gasteiger partial charge in [0.15, 0.2) is 9.84 Å². The fourth-order valence-electron chi connectivity index (χ4n) is 2.23. The zero-order chi connectivity index (χ0) is 14.9. The maximum Gasteiger partial charge on any atom is 0.201 e. The summed E-state index contributed by atoms with van der Waals surface area (Å²) in [4.78, 5) is 4.41. The van der Waals surface area contributed by atoms with Gasteiger partial charge in [0.05, 0.1) is 23.1 Å². The van der Waals surface area contributed by atoms with Crippen molar-refractivity contribution in [3.05, 3.63) is 18.2 Å². The molecule has 2 N–H and O–H groups in total. The van der Waals surface area contributed by atoms with Gasteiger partial charge in [0.2, 0.25) is 5.95 Å². The first kappa shape index (κ1) is 14.8. The summed E-state index contributed by atoms with van der Waals surface area (Å²) < 4.78 is 30.8. The second-order valence-corrected chi connectivity index (χ2v) is 6.73. The van der Waals surface area contributed by atoms with Crippen molar-refractivity contribution in [3.63, 3.8) is 0 Å². The molecule has 7 heteroatoms. The Labute approximate surface area is 118 Å². The van der Waals surface area contributed by atoms with Crippen molar-refractivity contribution in [3.8, 4) is 0 Å². The summed E-state index contributed by atoms with van der Waals surface area (Å²) in [7, 11) is -3.34. The zero-order valence-corrected chi connectivity index (χ0v) is 12.6. The fraction of sp³-hybridized carbons (Fsp3) is 0.462. The van der Waals surface area contributed by atoms with Crippen LogP contribution in [0.2, 0.25) is 0 Å². The Balaban J connectivity index is 2.61. The van der Waals surface area contributed by atoms with Gasteiger partial charge in [0.1, 0.15) is 5.52 Å². The van der Waals surface area contributed by atoms with Crippen molar-refractivity contribution in [2.75, 3.05) is 25.2 Å². The van der Waals surface area contributed by atoms with Crippen molar-refractivity contribution in [2.24, 2.45) is 0 Å². The molecule has 1 atom stereocenters. The smallest absolute Gasteiger partial charge is 0.201 e. The van der Waals surface area contributed by atoms with Crippen molar-refractivity contribution in [2.45, 2.75) is 24.8 Å². The lowest BCUT2D eigenvalue weighted by atomic mass is 10.3. The molecular formula is C13H19N3O3S. The summed E-state index contributed by atoms with van der Waals surface area (Å²) in [6, 6.07) is 5.04. The van der Waals surface area contributed by atoms with Gasteiger partial charge in [-0.15, -0.1) is 0 Å². The molecule has 0 aliphatic carbocycles. The van der Waals surface area contributed by atoms with Crippen LogP contribution in [0, 0.1) is 0 Å². The molecule has 110 valence electrons. The molecule has 0 spiro atoms. The van der Waals surface area contributed by atoms with Gasteiger partial charge in [0.25, 0.3) is 0 Å². The Morgan fingerprint density at radius 1 is 1.45 bits per heavy atom. The molecule has 2 aromatic rings. The van der Waals surface area contributed by atoms with E-state index < -0.39 is 9.84 Å². The summed E-state index contributed by atoms with van der Waals surface area (Å²) in [5.41, 5.74) is 7.06. The van der Waals surface area contributed by atoms with Crippen LogP contribution >= 0.6 is 0 Å². The third-order valence-electron chi connectivity index (χ3n) is 3.11. The zero-order valence-electron chi connectivity index (χ0n) is 11.8. The first-order chi connectivity index (χ1) is 9.36. The minimum absolute atomic E-state index is 0.0187. The van der Waals surface area contributed by atoms with Crippen LogP contribution in [0.4, 0.5) is 5.95 Å². The van der Waals surface area contributed by atoms with E-state index in [1.165, 1.54) is 6.26 Å². The summed E-state index contributed by atoms with van der Waals surface area (Å²) in [6.07, 6.45) is 1.17. The van der Waals surface area contributed by atoms with E-state index in [4.69, 9.17) is 10.5 Å². The predicted octanol–water partition coefficient (Wildman–Crippen LogP) is 1.62. The van der Waals surface area contributed by atoms with Gasteiger partial charge in [-0.25, -0.2) is 13.4 Å². The molecular weight excluding hydrogens is 278 g/mol. The van der Waals surface area contributed by atoms with E-state index in [1.54, 1.807) is 16.7 Å². The summed E-state index contributed by atoms with van der Waals surface area (Å²) in [5, 5.41) is 0. The number of hydrogen-bond donors (Lipinski definition) is 1. The molecule has 2 rings (SSSR count). The molecule has 0 radical (unpaired) electrons. The Bertz CT molecular complexity index is 722. The number of imidazole rings is 1. The monoisotopic (exact) mass is 297 g/mol. The lowest BCUT2D eigenvalue weighted by Gasteiger charge is -2.15. The number of sulfone groups is 1. The second-order valence-electron chi connectivity index (χ2n) is 4.74. The molecule has 1 unspecified atom stereocenters. The number of nitrogens with zero attached hydrogens (tertiary/aromatic N) is 2. The van der Waals surface area contributed by atoms with Crippen LogP contribution in [0.5, 0.6) is 0 Å². The number of fused-ring (bicyclic) bond motifs is 1. The van der Waals surface area contributed by atoms with E-state index in [0.717, 1.165) is 0 Å². The van der Waals surface area contributed by atoms with E-state index in [0.29, 0.717) is 30.2 Å². The van der Waals surface area contributed by atoms with Crippen molar-refractivity contribution < 1.29 is 13.2 Å². The predicted molar refractivity (Wildman–Crippen MR) is 78.5 cm³/mol. The number of aromatic nitrogens is 2. The lowest BCUT2D eigenvalue weighted by molar-refractivity contribution is 0.120. The van der Waals surface area contributed by atoms with Gasteiger partial charge in [-0.05, 0) is 26.0 Å². The van der Waals surface area contributed by atoms with E-state index in [-0.39, 0.29) is 10.9 Å². The number of hydrogen-bond acceptors (Lipinski definition) is 5. The normalized spacial score (nSPS) is 13.8. The molecule has 0 saturated carbocycles. The molecule has 0 fully saturated rings. The molecule has 1 aromatic heterocycles. The number of nitrogen functional groups attached to an aromatic ring is 1. The molecule has 0 bridgehead atoms. The second kappa shape index (κ2) is 5.41. The molecule has 6 nitrogen and oxygen atoms in total. The standard InChI is InChI=1S/C13H19N3O3S/c1-4-19-8-9(2)16-10-6-5-7-11(20(3,17)18)12(10)15-13(16)14/h5-7,9H,4,8H2,1-3H3,(H2,14,15). The number of benzene rings is 1. The highest BCUT2D eigenvalue weighted by Gasteiger charge is 2.20. The third kappa shape index (κ3) is 2.64. The summed E-state index contributed by atoms with van der Waals surface area (Å²) in [6.45, 7) is 4.99. The topological polar surface area (TPSA) is 87.2 Å². The summed E-state index contributed by atoms with van der Waals surface area (Å²) >= 11 is 0. The van der Waals surface area contributed by atoms with Crippen molar-refractivity contribution in [1.82, 2.24) is 9.55 Å². The van der Waals surface area contributed by atoms with Crippen LogP contribution in [-0.2, 0) is 14.6 Å². The average Bonchev–Trinajstić information content (AvgIpc) is 2.70. The number of nitrogens with two attached hydrogens (primary N) is 1. The molecule has 1 aromatic carbocycles. The number of anilines is 1. The van der Waals surface area contributed by atoms with Gasteiger partial charge >= 0.3 is 0 Å². The van der Waals surface area contributed by atoms with Crippen LogP contribution in [-0.4, -0.2) is 37.4 Å². The molecule has 0 aliphatic heterocycles. The Morgan fingerprint density at radius 3 is 2.75 bits per heavy atom. The third-order valence-corrected chi connectivity index (χ3v) is 4.24. The minimum Gasteiger partial charge on any atom is -0.380 e. The van der Waals surface area contributed by atoms with Crippen LogP contribution < -0.4 is 5.73 Å². The first-order valence-corrected chi connectivity index (χ1v) is 8.29. The van der Waals surface area contributed by atoms with Gasteiger partial charge in [-0.1, -0.05) is 6.07 Å². The maximum atomic E-state index is 11.8. The molecule has 20 heavy (non-hydrogen) atoms. The van der Waals surface area contributed by atoms with E-state index >= 15 is 0 Å². The minimum atomic E-state index is -3.34. The lowest BCUT2D eigenvalue weighted by Crippen LogP contribution is -2.14. The summed E-state index contributed by atoms with van der Waals surface area (Å²) in [5.74, 6) is 0.295. The Hall–Kier alpha value is -1.60. The van der Waals surface area contributed by atoms with Gasteiger partial charge < -0.3 is 15.0 Å². The highest BCUT2D eigenvalue weighted by atomic mass is 32.2. The van der Waals surface area contributed by atoms with Gasteiger partial charge in [0, 0.05) is 12.9 Å². The number of para-hydroxylation sites is 1. The fourth-order valence-corrected chi connectivity index (χ4v) is 3.06. The maximum absolute atomic E-state index is 11.8. The highest BCUT2D eigenvalue weighted by molar-refractivity contribution is 7.91. The number of rotatable bonds is 5. The molecule has 0 amide bonds. The SMILES string of the molecule is CCOCC(C)n1c(N)nc2c(S(C)(=O)=O)cccc21. The first-order valence-electron chi connectivity index (χ1n) is 6.40. The number of ether oxygens (including phenoxy) is 1. The molecule has 0 aliphatic rings. The molecule has 0 saturated heterocycles.